The fourth-order valence-corrected chi connectivity index (χ4v) is 3.73. The third-order valence-corrected chi connectivity index (χ3v) is 5.77. The number of aliphatic hydroxyl groups is 2. The van der Waals surface area contributed by atoms with Gasteiger partial charge in [-0.15, -0.1) is 0 Å². The lowest BCUT2D eigenvalue weighted by molar-refractivity contribution is -0.289. The molecule has 0 amide bonds. The molecule has 1 fully saturated rings. The van der Waals surface area contributed by atoms with Crippen LogP contribution in [0.15, 0.2) is 42.5 Å². The number of carbonyl (C=O) groups excluding carboxylic acids is 1. The number of aromatic hydroxyl groups is 3. The number of phenols is 3. The zero-order chi connectivity index (χ0) is 25.5. The van der Waals surface area contributed by atoms with E-state index in [-0.39, 0.29) is 23.9 Å². The number of ether oxygens (including phenoxy) is 4. The van der Waals surface area contributed by atoms with Crippen LogP contribution in [0.3, 0.4) is 0 Å². The van der Waals surface area contributed by atoms with Crippen LogP contribution in [0.4, 0.5) is 0 Å². The maximum atomic E-state index is 12.3. The van der Waals surface area contributed by atoms with Gasteiger partial charge in [-0.2, -0.15) is 0 Å². The topological polar surface area (TPSA) is 155 Å². The molecule has 190 valence electrons. The van der Waals surface area contributed by atoms with Gasteiger partial charge < -0.3 is 44.5 Å². The van der Waals surface area contributed by atoms with Crippen molar-refractivity contribution in [3.05, 3.63) is 53.6 Å². The first-order chi connectivity index (χ1) is 16.7. The molecule has 5 N–H and O–H groups in total. The molecule has 2 aromatic carbocycles. The molecule has 2 aromatic rings. The van der Waals surface area contributed by atoms with Crippen molar-refractivity contribution in [2.75, 3.05) is 20.3 Å². The Kier molecular flexibility index (Phi) is 8.94. The second kappa shape index (κ2) is 11.9. The number of carbonyl (C=O) groups is 1. The van der Waals surface area contributed by atoms with Gasteiger partial charge in [-0.3, -0.25) is 0 Å². The van der Waals surface area contributed by atoms with Crippen LogP contribution in [-0.2, 0) is 25.4 Å². The van der Waals surface area contributed by atoms with Gasteiger partial charge in [-0.1, -0.05) is 19.1 Å². The Morgan fingerprint density at radius 3 is 2.51 bits per heavy atom. The van der Waals surface area contributed by atoms with Crippen molar-refractivity contribution in [1.82, 2.24) is 0 Å². The lowest BCUT2D eigenvalue weighted by Crippen LogP contribution is -2.56. The predicted octanol–water partition coefficient (Wildman–Crippen LogP) is 1.71. The predicted molar refractivity (Wildman–Crippen MR) is 124 cm³/mol. The number of phenolic OH excluding ortho intramolecular Hbond substituents is 3. The Morgan fingerprint density at radius 2 is 1.83 bits per heavy atom. The Morgan fingerprint density at radius 1 is 1.09 bits per heavy atom. The summed E-state index contributed by atoms with van der Waals surface area (Å²) in [5.74, 6) is -1.57. The number of hydrogen-bond donors (Lipinski definition) is 5. The van der Waals surface area contributed by atoms with Crippen molar-refractivity contribution in [1.29, 1.82) is 0 Å². The van der Waals surface area contributed by atoms with Crippen LogP contribution < -0.4 is 4.74 Å². The van der Waals surface area contributed by atoms with Crippen LogP contribution in [-0.4, -0.2) is 76.4 Å². The fraction of sp³-hybridized carbons (Fsp3) is 0.400. The van der Waals surface area contributed by atoms with Crippen molar-refractivity contribution in [2.45, 2.75) is 37.9 Å². The van der Waals surface area contributed by atoms with Gasteiger partial charge in [0.15, 0.2) is 29.3 Å². The van der Waals surface area contributed by atoms with E-state index in [2.05, 4.69) is 0 Å². The summed E-state index contributed by atoms with van der Waals surface area (Å²) in [7, 11) is 1.45. The molecule has 0 saturated carbocycles. The first-order valence-electron chi connectivity index (χ1n) is 11.1. The average molecular weight is 491 g/mol. The first-order valence-corrected chi connectivity index (χ1v) is 11.1. The largest absolute Gasteiger partial charge is 0.504 e. The monoisotopic (exact) mass is 490 g/mol. The molecule has 1 heterocycles. The van der Waals surface area contributed by atoms with Gasteiger partial charge in [-0.25, -0.2) is 4.79 Å². The highest BCUT2D eigenvalue weighted by molar-refractivity contribution is 5.87. The molecule has 10 nitrogen and oxygen atoms in total. The van der Waals surface area contributed by atoms with Crippen LogP contribution in [0.2, 0.25) is 0 Å². The number of esters is 1. The first kappa shape index (κ1) is 26.3. The van der Waals surface area contributed by atoms with Crippen LogP contribution in [0, 0.1) is 5.92 Å². The fourth-order valence-electron chi connectivity index (χ4n) is 3.73. The lowest BCUT2D eigenvalue weighted by Gasteiger charge is -2.42. The molecule has 4 unspecified atom stereocenters. The van der Waals surface area contributed by atoms with Crippen molar-refractivity contribution < 1.29 is 49.3 Å². The molecule has 0 aromatic heterocycles. The minimum Gasteiger partial charge on any atom is -0.504 e. The van der Waals surface area contributed by atoms with Gasteiger partial charge in [0, 0.05) is 12.0 Å². The van der Waals surface area contributed by atoms with E-state index < -0.39 is 43.1 Å². The van der Waals surface area contributed by atoms with Gasteiger partial charge >= 0.3 is 5.97 Å². The van der Waals surface area contributed by atoms with Crippen molar-refractivity contribution in [3.63, 3.8) is 0 Å². The average Bonchev–Trinajstić information content (AvgIpc) is 2.85. The van der Waals surface area contributed by atoms with E-state index in [1.807, 2.05) is 0 Å². The van der Waals surface area contributed by atoms with Crippen molar-refractivity contribution >= 4 is 12.0 Å². The molecule has 0 radical (unpaired) electrons. The summed E-state index contributed by atoms with van der Waals surface area (Å²) in [6.07, 6.45) is -1.02. The highest BCUT2D eigenvalue weighted by atomic mass is 16.7. The summed E-state index contributed by atoms with van der Waals surface area (Å²) in [5, 5.41) is 49.1. The Hall–Kier alpha value is -3.31. The van der Waals surface area contributed by atoms with Crippen LogP contribution in [0.25, 0.3) is 6.08 Å². The van der Waals surface area contributed by atoms with E-state index in [0.29, 0.717) is 17.7 Å². The molecular weight excluding hydrogens is 460 g/mol. The van der Waals surface area contributed by atoms with Crippen LogP contribution in [0.1, 0.15) is 18.1 Å². The summed E-state index contributed by atoms with van der Waals surface area (Å²) in [4.78, 5) is 12.3. The second-order valence-corrected chi connectivity index (χ2v) is 8.19. The highest BCUT2D eigenvalue weighted by Crippen LogP contribution is 2.30. The van der Waals surface area contributed by atoms with Crippen molar-refractivity contribution in [2.24, 2.45) is 5.92 Å². The minimum absolute atomic E-state index is 0.0273. The summed E-state index contributed by atoms with van der Waals surface area (Å²) >= 11 is 0. The zero-order valence-corrected chi connectivity index (χ0v) is 19.4. The van der Waals surface area contributed by atoms with Crippen molar-refractivity contribution in [3.8, 4) is 23.0 Å². The molecule has 1 saturated heterocycles. The van der Waals surface area contributed by atoms with Crippen LogP contribution >= 0.6 is 0 Å². The quantitative estimate of drug-likeness (QED) is 0.199. The van der Waals surface area contributed by atoms with E-state index in [4.69, 9.17) is 18.9 Å². The Balaban J connectivity index is 1.57. The maximum absolute atomic E-state index is 12.3. The van der Waals surface area contributed by atoms with Gasteiger partial charge in [0.1, 0.15) is 18.3 Å². The molecular formula is C25H30O10. The van der Waals surface area contributed by atoms with Gasteiger partial charge in [0.2, 0.25) is 0 Å². The van der Waals surface area contributed by atoms with E-state index >= 15 is 0 Å². The third kappa shape index (κ3) is 6.64. The lowest BCUT2D eigenvalue weighted by atomic mass is 9.90. The van der Waals surface area contributed by atoms with E-state index in [1.54, 1.807) is 19.1 Å². The van der Waals surface area contributed by atoms with E-state index in [0.717, 1.165) is 11.6 Å². The number of hydrogen-bond acceptors (Lipinski definition) is 10. The minimum atomic E-state index is -1.12. The summed E-state index contributed by atoms with van der Waals surface area (Å²) in [5.41, 5.74) is 1.31. The van der Waals surface area contributed by atoms with Gasteiger partial charge in [-0.05, 0) is 47.9 Å². The standard InChI is InChI=1S/C25H30O10/c1-14-23(31)25(33-10-9-16-4-7-18(28)20(12-16)32-2)34-21(13-26)24(14)35-22(30)8-5-15-3-6-17(27)19(29)11-15/h3-8,11-12,14,21,23-29,31H,9-10,13H2,1-2H3/b8-5+/t14?,21-,23?,24?,25?/m1/s1. The number of aliphatic hydroxyl groups excluding tert-OH is 2. The Labute approximate surface area is 202 Å². The number of rotatable bonds is 9. The number of methoxy groups -OCH3 is 1. The maximum Gasteiger partial charge on any atom is 0.331 e. The molecule has 0 bridgehead atoms. The van der Waals surface area contributed by atoms with Gasteiger partial charge in [0.05, 0.1) is 20.3 Å². The molecule has 0 spiro atoms. The summed E-state index contributed by atoms with van der Waals surface area (Å²) in [6, 6.07) is 8.98. The Bertz CT molecular complexity index is 1030. The van der Waals surface area contributed by atoms with Crippen LogP contribution in [0.5, 0.6) is 23.0 Å². The second-order valence-electron chi connectivity index (χ2n) is 8.19. The van der Waals surface area contributed by atoms with Gasteiger partial charge in [0.25, 0.3) is 0 Å². The number of benzene rings is 2. The smallest absolute Gasteiger partial charge is 0.331 e. The molecule has 10 heteroatoms. The molecule has 1 aliphatic rings. The molecule has 35 heavy (non-hydrogen) atoms. The molecule has 3 rings (SSSR count). The zero-order valence-electron chi connectivity index (χ0n) is 19.4. The SMILES string of the molecule is COc1cc(CCOC2O[C@H](CO)C(OC(=O)/C=C/c3ccc(O)c(O)c3)C(C)C2O)ccc1O. The molecule has 1 aliphatic heterocycles. The highest BCUT2D eigenvalue weighted by Gasteiger charge is 2.45. The summed E-state index contributed by atoms with van der Waals surface area (Å²) in [6.45, 7) is 1.39. The summed E-state index contributed by atoms with van der Waals surface area (Å²) < 4.78 is 21.9. The normalized spacial score (nSPS) is 24.4. The van der Waals surface area contributed by atoms with E-state index in [1.165, 1.54) is 37.5 Å². The third-order valence-electron chi connectivity index (χ3n) is 5.77. The molecule has 0 aliphatic carbocycles. The van der Waals surface area contributed by atoms with E-state index in [9.17, 15) is 30.3 Å². The molecule has 5 atom stereocenters.